The highest BCUT2D eigenvalue weighted by atomic mass is 32.1. The molecule has 0 radical (unpaired) electrons. The Morgan fingerprint density at radius 2 is 2.28 bits per heavy atom. The average molecular weight is 263 g/mol. The first kappa shape index (κ1) is 12.4. The van der Waals surface area contributed by atoms with Gasteiger partial charge in [0, 0.05) is 6.20 Å². The SMILES string of the molecule is CCOc1cnn(-c2nc(C)ncc2C(N)=S)c1. The van der Waals surface area contributed by atoms with Crippen LogP contribution in [-0.4, -0.2) is 31.3 Å². The average Bonchev–Trinajstić information content (AvgIpc) is 2.77. The third-order valence-corrected chi connectivity index (χ3v) is 2.46. The predicted molar refractivity (Wildman–Crippen MR) is 70.9 cm³/mol. The van der Waals surface area contributed by atoms with Gasteiger partial charge >= 0.3 is 0 Å². The van der Waals surface area contributed by atoms with Crippen LogP contribution in [0.5, 0.6) is 5.75 Å². The molecular weight excluding hydrogens is 250 g/mol. The topological polar surface area (TPSA) is 78.8 Å². The standard InChI is InChI=1S/C11H13N5OS/c1-3-17-8-4-14-16(6-8)11-9(10(12)18)5-13-7(2)15-11/h4-6H,3H2,1-2H3,(H2,12,18). The molecule has 0 bridgehead atoms. The highest BCUT2D eigenvalue weighted by Gasteiger charge is 2.12. The van der Waals surface area contributed by atoms with Crippen molar-refractivity contribution in [3.05, 3.63) is 30.0 Å². The lowest BCUT2D eigenvalue weighted by molar-refractivity contribution is 0.340. The summed E-state index contributed by atoms with van der Waals surface area (Å²) in [4.78, 5) is 8.62. The minimum absolute atomic E-state index is 0.235. The van der Waals surface area contributed by atoms with E-state index < -0.39 is 0 Å². The second-order valence-electron chi connectivity index (χ2n) is 3.57. The Morgan fingerprint density at radius 3 is 2.94 bits per heavy atom. The van der Waals surface area contributed by atoms with Crippen molar-refractivity contribution in [2.75, 3.05) is 6.61 Å². The molecule has 0 aliphatic rings. The van der Waals surface area contributed by atoms with Gasteiger partial charge in [0.15, 0.2) is 11.6 Å². The second kappa shape index (κ2) is 5.09. The van der Waals surface area contributed by atoms with Gasteiger partial charge in [0.05, 0.1) is 24.6 Å². The fraction of sp³-hybridized carbons (Fsp3) is 0.273. The zero-order chi connectivity index (χ0) is 13.1. The van der Waals surface area contributed by atoms with Crippen molar-refractivity contribution >= 4 is 17.2 Å². The molecular formula is C11H13N5OS. The van der Waals surface area contributed by atoms with Gasteiger partial charge in [0.25, 0.3) is 0 Å². The number of nitrogens with two attached hydrogens (primary N) is 1. The van der Waals surface area contributed by atoms with Crippen LogP contribution in [0.25, 0.3) is 5.82 Å². The molecule has 0 unspecified atom stereocenters. The largest absolute Gasteiger partial charge is 0.491 e. The number of aromatic nitrogens is 4. The lowest BCUT2D eigenvalue weighted by atomic mass is 10.3. The number of ether oxygens (including phenoxy) is 1. The highest BCUT2D eigenvalue weighted by molar-refractivity contribution is 7.80. The summed E-state index contributed by atoms with van der Waals surface area (Å²) in [5.41, 5.74) is 6.23. The van der Waals surface area contributed by atoms with Crippen LogP contribution in [0.3, 0.4) is 0 Å². The zero-order valence-corrected chi connectivity index (χ0v) is 10.9. The normalized spacial score (nSPS) is 10.3. The van der Waals surface area contributed by atoms with Gasteiger partial charge in [-0.05, 0) is 13.8 Å². The minimum atomic E-state index is 0.235. The van der Waals surface area contributed by atoms with Crippen molar-refractivity contribution < 1.29 is 4.74 Å². The third-order valence-electron chi connectivity index (χ3n) is 2.24. The van der Waals surface area contributed by atoms with Gasteiger partial charge in [-0.25, -0.2) is 14.6 Å². The van der Waals surface area contributed by atoms with Crippen LogP contribution in [0, 0.1) is 6.92 Å². The maximum Gasteiger partial charge on any atom is 0.167 e. The van der Waals surface area contributed by atoms with Crippen LogP contribution in [-0.2, 0) is 0 Å². The molecule has 0 saturated carbocycles. The molecule has 6 nitrogen and oxygen atoms in total. The van der Waals surface area contributed by atoms with Gasteiger partial charge in [-0.2, -0.15) is 5.10 Å². The number of hydrogen-bond donors (Lipinski definition) is 1. The number of aryl methyl sites for hydroxylation is 1. The molecule has 0 atom stereocenters. The molecule has 2 heterocycles. The Bertz CT molecular complexity index is 581. The van der Waals surface area contributed by atoms with Crippen molar-refractivity contribution in [1.82, 2.24) is 19.7 Å². The van der Waals surface area contributed by atoms with Crippen molar-refractivity contribution in [1.29, 1.82) is 0 Å². The Labute approximate surface area is 110 Å². The smallest absolute Gasteiger partial charge is 0.167 e. The first-order valence-electron chi connectivity index (χ1n) is 5.43. The van der Waals surface area contributed by atoms with Crippen molar-refractivity contribution in [2.24, 2.45) is 5.73 Å². The number of hydrogen-bond acceptors (Lipinski definition) is 5. The lowest BCUT2D eigenvalue weighted by Gasteiger charge is -2.07. The molecule has 0 aliphatic carbocycles. The Hall–Kier alpha value is -2.02. The van der Waals surface area contributed by atoms with Crippen LogP contribution in [0.1, 0.15) is 18.3 Å². The highest BCUT2D eigenvalue weighted by Crippen LogP contribution is 2.15. The summed E-state index contributed by atoms with van der Waals surface area (Å²) in [6.07, 6.45) is 4.94. The van der Waals surface area contributed by atoms with E-state index in [4.69, 9.17) is 22.7 Å². The van der Waals surface area contributed by atoms with E-state index in [9.17, 15) is 0 Å². The van der Waals surface area contributed by atoms with Gasteiger partial charge in [0.2, 0.25) is 0 Å². The summed E-state index contributed by atoms with van der Waals surface area (Å²) in [7, 11) is 0. The van der Waals surface area contributed by atoms with Crippen molar-refractivity contribution in [3.63, 3.8) is 0 Å². The van der Waals surface area contributed by atoms with E-state index in [1.165, 1.54) is 0 Å². The van der Waals surface area contributed by atoms with Crippen molar-refractivity contribution in [3.8, 4) is 11.6 Å². The fourth-order valence-electron chi connectivity index (χ4n) is 1.47. The summed E-state index contributed by atoms with van der Waals surface area (Å²) in [5.74, 6) is 1.85. The first-order valence-corrected chi connectivity index (χ1v) is 5.84. The van der Waals surface area contributed by atoms with Gasteiger partial charge < -0.3 is 10.5 Å². The molecule has 0 aliphatic heterocycles. The molecule has 0 spiro atoms. The zero-order valence-electron chi connectivity index (χ0n) is 10.1. The van der Waals surface area contributed by atoms with E-state index in [0.717, 1.165) is 0 Å². The minimum Gasteiger partial charge on any atom is -0.491 e. The summed E-state index contributed by atoms with van der Waals surface area (Å²) in [6, 6.07) is 0. The molecule has 2 rings (SSSR count). The van der Waals surface area contributed by atoms with E-state index >= 15 is 0 Å². The van der Waals surface area contributed by atoms with Crippen LogP contribution in [0.2, 0.25) is 0 Å². The molecule has 2 aromatic heterocycles. The molecule has 2 aromatic rings. The molecule has 7 heteroatoms. The number of rotatable bonds is 4. The molecule has 0 fully saturated rings. The maximum atomic E-state index is 5.65. The van der Waals surface area contributed by atoms with E-state index in [0.29, 0.717) is 29.6 Å². The monoisotopic (exact) mass is 263 g/mol. The van der Waals surface area contributed by atoms with Gasteiger partial charge in [0.1, 0.15) is 10.8 Å². The Morgan fingerprint density at radius 1 is 1.50 bits per heavy atom. The molecule has 0 amide bonds. The summed E-state index contributed by atoms with van der Waals surface area (Å²) in [6.45, 7) is 4.28. The predicted octanol–water partition coefficient (Wildman–Crippen LogP) is 1.00. The van der Waals surface area contributed by atoms with Crippen LogP contribution >= 0.6 is 12.2 Å². The molecule has 18 heavy (non-hydrogen) atoms. The fourth-order valence-corrected chi connectivity index (χ4v) is 1.61. The van der Waals surface area contributed by atoms with Gasteiger partial charge in [-0.15, -0.1) is 0 Å². The van der Waals surface area contributed by atoms with Gasteiger partial charge in [-0.1, -0.05) is 12.2 Å². The van der Waals surface area contributed by atoms with Crippen molar-refractivity contribution in [2.45, 2.75) is 13.8 Å². The summed E-state index contributed by atoms with van der Waals surface area (Å²) >= 11 is 4.98. The van der Waals surface area contributed by atoms with Crippen LogP contribution < -0.4 is 10.5 Å². The maximum absolute atomic E-state index is 5.65. The van der Waals surface area contributed by atoms with Gasteiger partial charge in [-0.3, -0.25) is 0 Å². The van der Waals surface area contributed by atoms with Crippen LogP contribution in [0.15, 0.2) is 18.6 Å². The summed E-state index contributed by atoms with van der Waals surface area (Å²) < 4.78 is 6.93. The summed E-state index contributed by atoms with van der Waals surface area (Å²) in [5, 5.41) is 4.18. The lowest BCUT2D eigenvalue weighted by Crippen LogP contribution is -2.16. The van der Waals surface area contributed by atoms with Crippen LogP contribution in [0.4, 0.5) is 0 Å². The number of thiocarbonyl (C=S) groups is 1. The Balaban J connectivity index is 2.47. The van der Waals surface area contributed by atoms with E-state index in [-0.39, 0.29) is 4.99 Å². The number of nitrogens with zero attached hydrogens (tertiary/aromatic N) is 4. The quantitative estimate of drug-likeness (QED) is 0.829. The van der Waals surface area contributed by atoms with E-state index in [1.807, 2.05) is 6.92 Å². The first-order chi connectivity index (χ1) is 8.61. The molecule has 2 N–H and O–H groups in total. The second-order valence-corrected chi connectivity index (χ2v) is 4.01. The molecule has 0 saturated heterocycles. The molecule has 0 aromatic carbocycles. The van der Waals surface area contributed by atoms with E-state index in [2.05, 4.69) is 15.1 Å². The van der Waals surface area contributed by atoms with E-state index in [1.54, 1.807) is 30.2 Å². The Kier molecular flexibility index (Phi) is 3.52. The third kappa shape index (κ3) is 2.45. The molecule has 94 valence electrons.